The highest BCUT2D eigenvalue weighted by molar-refractivity contribution is 6.22. The van der Waals surface area contributed by atoms with E-state index >= 15 is 0 Å². The summed E-state index contributed by atoms with van der Waals surface area (Å²) in [7, 11) is 0. The highest BCUT2D eigenvalue weighted by Gasteiger charge is 2.34. The maximum Gasteiger partial charge on any atom is 0.573 e. The van der Waals surface area contributed by atoms with Crippen molar-refractivity contribution in [3.05, 3.63) is 23.8 Å². The number of carbonyl (C=O) groups excluding carboxylic acids is 2. The number of hydrogen-bond donors (Lipinski definition) is 0. The van der Waals surface area contributed by atoms with E-state index in [1.54, 1.807) is 6.92 Å². The molecule has 112 valence electrons. The van der Waals surface area contributed by atoms with Crippen molar-refractivity contribution < 1.29 is 32.2 Å². The number of rotatable bonds is 3. The fraction of sp³-hybridized carbons (Fsp3) is 0.308. The summed E-state index contributed by atoms with van der Waals surface area (Å²) in [4.78, 5) is 27.6. The number of fused-ring (bicyclic) bond motifs is 1. The van der Waals surface area contributed by atoms with Crippen LogP contribution >= 0.6 is 0 Å². The van der Waals surface area contributed by atoms with Gasteiger partial charge in [0.1, 0.15) is 5.75 Å². The van der Waals surface area contributed by atoms with Gasteiger partial charge < -0.3 is 9.47 Å². The predicted octanol–water partition coefficient (Wildman–Crippen LogP) is 2.66. The van der Waals surface area contributed by atoms with Crippen molar-refractivity contribution in [2.45, 2.75) is 13.3 Å². The summed E-state index contributed by atoms with van der Waals surface area (Å²) in [6.07, 6.45) is -3.75. The van der Waals surface area contributed by atoms with Gasteiger partial charge in [-0.05, 0) is 25.1 Å². The van der Waals surface area contributed by atoms with Crippen LogP contribution in [-0.2, 0) is 9.53 Å². The third-order valence-corrected chi connectivity index (χ3v) is 2.65. The van der Waals surface area contributed by atoms with Crippen molar-refractivity contribution in [3.8, 4) is 5.75 Å². The molecule has 0 saturated carbocycles. The Kier molecular flexibility index (Phi) is 3.97. The first kappa shape index (κ1) is 15.0. The number of halogens is 3. The Morgan fingerprint density at radius 3 is 2.71 bits per heavy atom. The van der Waals surface area contributed by atoms with Gasteiger partial charge in [-0.15, -0.1) is 13.2 Å². The normalized spacial score (nSPS) is 17.3. The minimum Gasteiger partial charge on any atom is -0.465 e. The molecular weight excluding hydrogens is 291 g/mol. The van der Waals surface area contributed by atoms with E-state index in [0.29, 0.717) is 0 Å². The third-order valence-electron chi connectivity index (χ3n) is 2.65. The smallest absolute Gasteiger partial charge is 0.465 e. The summed E-state index contributed by atoms with van der Waals surface area (Å²) in [5.74, 6) is -3.27. The van der Waals surface area contributed by atoms with Gasteiger partial charge in [-0.25, -0.2) is 0 Å². The zero-order chi connectivity index (χ0) is 15.6. The molecule has 1 aromatic carbocycles. The molecule has 2 rings (SSSR count). The number of esters is 1. The summed E-state index contributed by atoms with van der Waals surface area (Å²) >= 11 is 0. The highest BCUT2D eigenvalue weighted by atomic mass is 19.4. The summed E-state index contributed by atoms with van der Waals surface area (Å²) < 4.78 is 44.9. The summed E-state index contributed by atoms with van der Waals surface area (Å²) in [6, 6.07) is 3.17. The van der Waals surface area contributed by atoms with Crippen molar-refractivity contribution in [2.75, 3.05) is 6.61 Å². The molecule has 1 aliphatic heterocycles. The molecule has 0 spiro atoms. The fourth-order valence-electron chi connectivity index (χ4n) is 1.81. The quantitative estimate of drug-likeness (QED) is 0.636. The van der Waals surface area contributed by atoms with Gasteiger partial charge in [-0.1, -0.05) is 0 Å². The molecule has 5 nitrogen and oxygen atoms in total. The lowest BCUT2D eigenvalue weighted by molar-refractivity contribution is -0.274. The van der Waals surface area contributed by atoms with Crippen LogP contribution in [0.5, 0.6) is 5.75 Å². The Balaban J connectivity index is 2.30. The number of aliphatic imine (C=N–C) groups is 1. The van der Waals surface area contributed by atoms with Crippen LogP contribution < -0.4 is 4.74 Å². The molecule has 1 unspecified atom stereocenters. The molecule has 0 saturated heterocycles. The van der Waals surface area contributed by atoms with Gasteiger partial charge in [0, 0.05) is 11.8 Å². The highest BCUT2D eigenvalue weighted by Crippen LogP contribution is 2.32. The number of alkyl halides is 3. The van der Waals surface area contributed by atoms with Crippen molar-refractivity contribution in [1.29, 1.82) is 0 Å². The van der Waals surface area contributed by atoms with E-state index in [2.05, 4.69) is 9.73 Å². The molecule has 1 aliphatic rings. The zero-order valence-corrected chi connectivity index (χ0v) is 10.8. The molecule has 21 heavy (non-hydrogen) atoms. The average molecular weight is 301 g/mol. The van der Waals surface area contributed by atoms with Gasteiger partial charge in [-0.3, -0.25) is 14.6 Å². The van der Waals surface area contributed by atoms with Crippen LogP contribution in [0.4, 0.5) is 18.9 Å². The molecule has 0 amide bonds. The first-order chi connectivity index (χ1) is 9.81. The molecular formula is C13H10F3NO4. The lowest BCUT2D eigenvalue weighted by Gasteiger charge is -2.17. The Morgan fingerprint density at radius 2 is 2.10 bits per heavy atom. The summed E-state index contributed by atoms with van der Waals surface area (Å²) in [5.41, 5.74) is 0.0624. The lowest BCUT2D eigenvalue weighted by Crippen LogP contribution is -2.29. The number of ether oxygens (including phenoxy) is 2. The van der Waals surface area contributed by atoms with Crippen molar-refractivity contribution in [1.82, 2.24) is 0 Å². The van der Waals surface area contributed by atoms with Gasteiger partial charge >= 0.3 is 12.3 Å². The van der Waals surface area contributed by atoms with Crippen molar-refractivity contribution in [2.24, 2.45) is 10.9 Å². The van der Waals surface area contributed by atoms with E-state index in [-0.39, 0.29) is 17.9 Å². The number of hydrogen-bond acceptors (Lipinski definition) is 5. The Morgan fingerprint density at radius 1 is 1.38 bits per heavy atom. The zero-order valence-electron chi connectivity index (χ0n) is 10.8. The van der Waals surface area contributed by atoms with E-state index in [4.69, 9.17) is 4.74 Å². The first-order valence-corrected chi connectivity index (χ1v) is 5.96. The first-order valence-electron chi connectivity index (χ1n) is 5.96. The van der Waals surface area contributed by atoms with Crippen LogP contribution in [-0.4, -0.2) is 30.9 Å². The molecule has 0 fully saturated rings. The van der Waals surface area contributed by atoms with Crippen LogP contribution in [0, 0.1) is 5.92 Å². The standard InChI is InChI=1S/C13H10F3NO4/c1-2-20-12(19)9-6-17-10-4-3-7(21-13(14,15)16)5-8(10)11(9)18/h3-6,9H,2H2,1H3. The fourth-order valence-corrected chi connectivity index (χ4v) is 1.81. The van der Waals surface area contributed by atoms with Crippen LogP contribution in [0.2, 0.25) is 0 Å². The SMILES string of the molecule is CCOC(=O)C1C=Nc2ccc(OC(F)(F)F)cc2C1=O. The van der Waals surface area contributed by atoms with Gasteiger partial charge in [0.05, 0.1) is 12.3 Å². The molecule has 1 atom stereocenters. The van der Waals surface area contributed by atoms with Gasteiger partial charge in [0.2, 0.25) is 0 Å². The van der Waals surface area contributed by atoms with Gasteiger partial charge in [0.25, 0.3) is 0 Å². The minimum absolute atomic E-state index is 0.0839. The van der Waals surface area contributed by atoms with E-state index < -0.39 is 29.8 Å². The summed E-state index contributed by atoms with van der Waals surface area (Å²) in [5, 5.41) is 0. The van der Waals surface area contributed by atoms with E-state index in [9.17, 15) is 22.8 Å². The molecule has 0 N–H and O–H groups in total. The molecule has 0 aromatic heterocycles. The average Bonchev–Trinajstić information content (AvgIpc) is 2.38. The van der Waals surface area contributed by atoms with Crippen LogP contribution in [0.1, 0.15) is 17.3 Å². The number of nitrogens with zero attached hydrogens (tertiary/aromatic N) is 1. The Labute approximate surface area is 117 Å². The Bertz CT molecular complexity index is 610. The van der Waals surface area contributed by atoms with E-state index in [0.717, 1.165) is 18.3 Å². The second kappa shape index (κ2) is 5.55. The Hall–Kier alpha value is -2.38. The van der Waals surface area contributed by atoms with Gasteiger partial charge in [-0.2, -0.15) is 0 Å². The van der Waals surface area contributed by atoms with Crippen LogP contribution in [0.15, 0.2) is 23.2 Å². The maximum absolute atomic E-state index is 12.2. The van der Waals surface area contributed by atoms with Crippen molar-refractivity contribution in [3.63, 3.8) is 0 Å². The van der Waals surface area contributed by atoms with E-state index in [1.165, 1.54) is 6.07 Å². The number of benzene rings is 1. The lowest BCUT2D eigenvalue weighted by atomic mass is 9.94. The predicted molar refractivity (Wildman–Crippen MR) is 65.7 cm³/mol. The molecule has 0 bridgehead atoms. The number of Topliss-reactive ketones (excluding diaryl/α,β-unsaturated/α-hetero) is 1. The van der Waals surface area contributed by atoms with Gasteiger partial charge in [0.15, 0.2) is 11.7 Å². The number of carbonyl (C=O) groups is 2. The molecule has 0 aliphatic carbocycles. The van der Waals surface area contributed by atoms with Crippen LogP contribution in [0.3, 0.4) is 0 Å². The third kappa shape index (κ3) is 3.39. The number of ketones is 1. The molecule has 8 heteroatoms. The maximum atomic E-state index is 12.2. The summed E-state index contributed by atoms with van der Waals surface area (Å²) in [6.45, 7) is 1.66. The minimum atomic E-state index is -4.87. The van der Waals surface area contributed by atoms with Crippen molar-refractivity contribution >= 4 is 23.7 Å². The second-order valence-electron chi connectivity index (χ2n) is 4.10. The largest absolute Gasteiger partial charge is 0.573 e. The van der Waals surface area contributed by atoms with E-state index in [1.807, 2.05) is 0 Å². The molecule has 1 heterocycles. The van der Waals surface area contributed by atoms with Crippen LogP contribution in [0.25, 0.3) is 0 Å². The molecule has 0 radical (unpaired) electrons. The molecule has 1 aromatic rings. The monoisotopic (exact) mass is 301 g/mol. The topological polar surface area (TPSA) is 65.0 Å². The second-order valence-corrected chi connectivity index (χ2v) is 4.10.